The van der Waals surface area contributed by atoms with Gasteiger partial charge in [0.05, 0.1) is 0 Å². The molecule has 1 fully saturated rings. The van der Waals surface area contributed by atoms with Crippen molar-refractivity contribution in [3.63, 3.8) is 0 Å². The van der Waals surface area contributed by atoms with Gasteiger partial charge in [0.25, 0.3) is 0 Å². The van der Waals surface area contributed by atoms with Gasteiger partial charge in [-0.2, -0.15) is 0 Å². The monoisotopic (exact) mass is 226 g/mol. The average Bonchev–Trinajstić information content (AvgIpc) is 2.73. The summed E-state index contributed by atoms with van der Waals surface area (Å²) in [7, 11) is 0. The van der Waals surface area contributed by atoms with Crippen LogP contribution in [0.25, 0.3) is 0 Å². The lowest BCUT2D eigenvalue weighted by Gasteiger charge is -2.24. The SMILES string of the molecule is CCCCCCC(C)N1CCC(NCC)C1. The number of nitrogens with one attached hydrogen (secondary N) is 1. The van der Waals surface area contributed by atoms with Crippen molar-refractivity contribution in [3.8, 4) is 0 Å². The number of likely N-dealkylation sites (N-methyl/N-ethyl adjacent to an activating group) is 1. The highest BCUT2D eigenvalue weighted by Gasteiger charge is 2.24. The third-order valence-corrected chi connectivity index (χ3v) is 3.81. The van der Waals surface area contributed by atoms with Crippen LogP contribution in [0.15, 0.2) is 0 Å². The van der Waals surface area contributed by atoms with Gasteiger partial charge in [0.2, 0.25) is 0 Å². The average molecular weight is 226 g/mol. The molecule has 1 rings (SSSR count). The Labute approximate surface area is 102 Å². The van der Waals surface area contributed by atoms with Gasteiger partial charge in [-0.1, -0.05) is 39.5 Å². The van der Waals surface area contributed by atoms with E-state index in [9.17, 15) is 0 Å². The molecule has 0 spiro atoms. The lowest BCUT2D eigenvalue weighted by Crippen LogP contribution is -2.36. The van der Waals surface area contributed by atoms with Crippen LogP contribution in [0.4, 0.5) is 0 Å². The number of likely N-dealkylation sites (tertiary alicyclic amines) is 1. The van der Waals surface area contributed by atoms with Crippen LogP contribution in [-0.2, 0) is 0 Å². The van der Waals surface area contributed by atoms with E-state index in [1.807, 2.05) is 0 Å². The van der Waals surface area contributed by atoms with Crippen molar-refractivity contribution in [2.45, 2.75) is 71.4 Å². The van der Waals surface area contributed by atoms with Crippen LogP contribution in [0, 0.1) is 0 Å². The van der Waals surface area contributed by atoms with E-state index in [0.29, 0.717) is 0 Å². The first-order valence-corrected chi connectivity index (χ1v) is 7.25. The van der Waals surface area contributed by atoms with Crippen molar-refractivity contribution >= 4 is 0 Å². The Morgan fingerprint density at radius 1 is 1.25 bits per heavy atom. The van der Waals surface area contributed by atoms with Crippen LogP contribution in [0.3, 0.4) is 0 Å². The first-order valence-electron chi connectivity index (χ1n) is 7.25. The predicted molar refractivity (Wildman–Crippen MR) is 71.9 cm³/mol. The maximum Gasteiger partial charge on any atom is 0.0207 e. The fraction of sp³-hybridized carbons (Fsp3) is 1.00. The Morgan fingerprint density at radius 3 is 2.75 bits per heavy atom. The van der Waals surface area contributed by atoms with Gasteiger partial charge >= 0.3 is 0 Å². The molecule has 0 aromatic carbocycles. The van der Waals surface area contributed by atoms with Gasteiger partial charge in [-0.3, -0.25) is 4.90 Å². The van der Waals surface area contributed by atoms with E-state index in [0.717, 1.165) is 18.6 Å². The second-order valence-electron chi connectivity index (χ2n) is 5.24. The topological polar surface area (TPSA) is 15.3 Å². The minimum atomic E-state index is 0.753. The molecule has 0 aliphatic carbocycles. The molecule has 0 amide bonds. The second-order valence-corrected chi connectivity index (χ2v) is 5.24. The molecule has 0 aromatic rings. The molecule has 2 atom stereocenters. The van der Waals surface area contributed by atoms with Crippen LogP contribution < -0.4 is 5.32 Å². The molecule has 1 saturated heterocycles. The molecule has 1 N–H and O–H groups in total. The minimum Gasteiger partial charge on any atom is -0.313 e. The van der Waals surface area contributed by atoms with Crippen molar-refractivity contribution < 1.29 is 0 Å². The minimum absolute atomic E-state index is 0.753. The molecule has 2 unspecified atom stereocenters. The van der Waals surface area contributed by atoms with Gasteiger partial charge in [0.1, 0.15) is 0 Å². The van der Waals surface area contributed by atoms with Gasteiger partial charge in [0.15, 0.2) is 0 Å². The summed E-state index contributed by atoms with van der Waals surface area (Å²) in [5.41, 5.74) is 0. The van der Waals surface area contributed by atoms with Crippen LogP contribution >= 0.6 is 0 Å². The molecule has 96 valence electrons. The van der Waals surface area contributed by atoms with Gasteiger partial charge in [-0.25, -0.2) is 0 Å². The van der Waals surface area contributed by atoms with Crippen LogP contribution in [-0.4, -0.2) is 36.6 Å². The van der Waals surface area contributed by atoms with Crippen molar-refractivity contribution in [1.29, 1.82) is 0 Å². The molecule has 1 aliphatic rings. The van der Waals surface area contributed by atoms with Crippen molar-refractivity contribution in [1.82, 2.24) is 10.2 Å². The van der Waals surface area contributed by atoms with Gasteiger partial charge in [-0.15, -0.1) is 0 Å². The van der Waals surface area contributed by atoms with E-state index in [-0.39, 0.29) is 0 Å². The fourth-order valence-electron chi connectivity index (χ4n) is 2.69. The summed E-state index contributed by atoms with van der Waals surface area (Å²) in [6.45, 7) is 10.6. The number of unbranched alkanes of at least 4 members (excludes halogenated alkanes) is 3. The highest BCUT2D eigenvalue weighted by molar-refractivity contribution is 4.83. The van der Waals surface area contributed by atoms with Crippen LogP contribution in [0.5, 0.6) is 0 Å². The predicted octanol–water partition coefficient (Wildman–Crippen LogP) is 3.03. The van der Waals surface area contributed by atoms with E-state index >= 15 is 0 Å². The Balaban J connectivity index is 2.10. The molecule has 1 aliphatic heterocycles. The second kappa shape index (κ2) is 8.08. The fourth-order valence-corrected chi connectivity index (χ4v) is 2.69. The van der Waals surface area contributed by atoms with Gasteiger partial charge < -0.3 is 5.32 Å². The normalized spacial score (nSPS) is 23.8. The third kappa shape index (κ3) is 4.84. The molecule has 0 saturated carbocycles. The van der Waals surface area contributed by atoms with Crippen molar-refractivity contribution in [2.75, 3.05) is 19.6 Å². The Kier molecular flexibility index (Phi) is 7.06. The van der Waals surface area contributed by atoms with Crippen molar-refractivity contribution in [2.24, 2.45) is 0 Å². The number of hydrogen-bond donors (Lipinski definition) is 1. The quantitative estimate of drug-likeness (QED) is 0.640. The lowest BCUT2D eigenvalue weighted by molar-refractivity contribution is 0.236. The smallest absolute Gasteiger partial charge is 0.0207 e. The van der Waals surface area contributed by atoms with Crippen molar-refractivity contribution in [3.05, 3.63) is 0 Å². The molecule has 0 radical (unpaired) electrons. The Bertz CT molecular complexity index is 170. The summed E-state index contributed by atoms with van der Waals surface area (Å²) in [6.07, 6.45) is 8.32. The van der Waals surface area contributed by atoms with E-state index in [4.69, 9.17) is 0 Å². The zero-order valence-electron chi connectivity index (χ0n) is 11.5. The molecule has 2 heteroatoms. The molecule has 0 bridgehead atoms. The number of nitrogens with zero attached hydrogens (tertiary/aromatic N) is 1. The summed E-state index contributed by atoms with van der Waals surface area (Å²) < 4.78 is 0. The first-order chi connectivity index (χ1) is 7.77. The molecule has 1 heterocycles. The molecule has 2 nitrogen and oxygen atoms in total. The third-order valence-electron chi connectivity index (χ3n) is 3.81. The Morgan fingerprint density at radius 2 is 2.06 bits per heavy atom. The maximum absolute atomic E-state index is 3.56. The zero-order chi connectivity index (χ0) is 11.8. The Hall–Kier alpha value is -0.0800. The summed E-state index contributed by atoms with van der Waals surface area (Å²) in [4.78, 5) is 2.67. The summed E-state index contributed by atoms with van der Waals surface area (Å²) >= 11 is 0. The highest BCUT2D eigenvalue weighted by Crippen LogP contribution is 2.17. The van der Waals surface area contributed by atoms with E-state index in [2.05, 4.69) is 31.0 Å². The van der Waals surface area contributed by atoms with Crippen LogP contribution in [0.2, 0.25) is 0 Å². The number of rotatable bonds is 8. The summed E-state index contributed by atoms with van der Waals surface area (Å²) in [6, 6.07) is 1.55. The molecule has 0 aromatic heterocycles. The zero-order valence-corrected chi connectivity index (χ0v) is 11.5. The van der Waals surface area contributed by atoms with E-state index < -0.39 is 0 Å². The van der Waals surface area contributed by atoms with Crippen LogP contribution in [0.1, 0.15) is 59.3 Å². The maximum atomic E-state index is 3.56. The number of hydrogen-bond acceptors (Lipinski definition) is 2. The van der Waals surface area contributed by atoms with Gasteiger partial charge in [-0.05, 0) is 26.3 Å². The summed E-state index contributed by atoms with van der Waals surface area (Å²) in [5, 5.41) is 3.56. The molecular formula is C14H30N2. The largest absolute Gasteiger partial charge is 0.313 e. The van der Waals surface area contributed by atoms with E-state index in [1.54, 1.807) is 0 Å². The molecular weight excluding hydrogens is 196 g/mol. The lowest BCUT2D eigenvalue weighted by atomic mass is 10.1. The first kappa shape index (κ1) is 14.0. The summed E-state index contributed by atoms with van der Waals surface area (Å²) in [5.74, 6) is 0. The molecule has 16 heavy (non-hydrogen) atoms. The standard InChI is InChI=1S/C14H30N2/c1-4-6-7-8-9-13(3)16-11-10-14(12-16)15-5-2/h13-15H,4-12H2,1-3H3. The highest BCUT2D eigenvalue weighted by atomic mass is 15.2. The van der Waals surface area contributed by atoms with E-state index in [1.165, 1.54) is 51.6 Å². The van der Waals surface area contributed by atoms with Gasteiger partial charge in [0, 0.05) is 25.2 Å².